The zero-order valence-electron chi connectivity index (χ0n) is 9.91. The highest BCUT2D eigenvalue weighted by Crippen LogP contribution is 2.37. The Kier molecular flexibility index (Phi) is 2.81. The lowest BCUT2D eigenvalue weighted by atomic mass is 9.89. The van der Waals surface area contributed by atoms with Crippen molar-refractivity contribution in [2.75, 3.05) is 0 Å². The second-order valence-corrected chi connectivity index (χ2v) is 4.55. The van der Waals surface area contributed by atoms with Crippen LogP contribution in [0.4, 0.5) is 0 Å². The van der Waals surface area contributed by atoms with E-state index in [1.165, 1.54) is 0 Å². The van der Waals surface area contributed by atoms with Crippen molar-refractivity contribution in [3.8, 4) is 0 Å². The molecule has 1 aliphatic heterocycles. The molecule has 3 nitrogen and oxygen atoms in total. The molecule has 1 fully saturated rings. The van der Waals surface area contributed by atoms with Crippen molar-refractivity contribution in [1.82, 2.24) is 10.3 Å². The topological polar surface area (TPSA) is 42.0 Å². The fourth-order valence-electron chi connectivity index (χ4n) is 2.53. The van der Waals surface area contributed by atoms with Gasteiger partial charge in [-0.3, -0.25) is 9.78 Å². The van der Waals surface area contributed by atoms with Crippen LogP contribution < -0.4 is 5.32 Å². The first-order chi connectivity index (χ1) is 8.84. The maximum absolute atomic E-state index is 11.7. The van der Waals surface area contributed by atoms with E-state index in [2.05, 4.69) is 22.4 Å². The second kappa shape index (κ2) is 4.61. The van der Waals surface area contributed by atoms with Crippen molar-refractivity contribution in [2.24, 2.45) is 0 Å². The zero-order chi connectivity index (χ0) is 12.4. The fourth-order valence-corrected chi connectivity index (χ4v) is 2.53. The van der Waals surface area contributed by atoms with Crippen LogP contribution in [0.5, 0.6) is 0 Å². The van der Waals surface area contributed by atoms with Gasteiger partial charge >= 0.3 is 0 Å². The molecule has 0 bridgehead atoms. The molecule has 2 aromatic rings. The number of nitrogens with zero attached hydrogens (tertiary/aromatic N) is 1. The van der Waals surface area contributed by atoms with Crippen LogP contribution >= 0.6 is 0 Å². The first-order valence-corrected chi connectivity index (χ1v) is 6.09. The Balaban J connectivity index is 1.96. The Hall–Kier alpha value is -2.16. The van der Waals surface area contributed by atoms with Crippen LogP contribution in [0.3, 0.4) is 0 Å². The van der Waals surface area contributed by atoms with Crippen LogP contribution in [0.25, 0.3) is 0 Å². The van der Waals surface area contributed by atoms with Crippen molar-refractivity contribution in [2.45, 2.75) is 18.4 Å². The molecular formula is C15H14N2O. The van der Waals surface area contributed by atoms with Crippen LogP contribution in [0.2, 0.25) is 0 Å². The predicted octanol–water partition coefficient (Wildman–Crippen LogP) is 2.43. The molecule has 2 atom stereocenters. The highest BCUT2D eigenvalue weighted by Gasteiger charge is 2.34. The summed E-state index contributed by atoms with van der Waals surface area (Å²) < 4.78 is 0. The molecule has 1 aromatic carbocycles. The van der Waals surface area contributed by atoms with Gasteiger partial charge in [-0.25, -0.2) is 0 Å². The quantitative estimate of drug-likeness (QED) is 0.873. The van der Waals surface area contributed by atoms with E-state index in [-0.39, 0.29) is 17.9 Å². The minimum Gasteiger partial charge on any atom is -0.349 e. The summed E-state index contributed by atoms with van der Waals surface area (Å²) in [4.78, 5) is 15.8. The molecular weight excluding hydrogens is 224 g/mol. The average molecular weight is 238 g/mol. The van der Waals surface area contributed by atoms with Crippen LogP contribution in [-0.4, -0.2) is 10.9 Å². The summed E-state index contributed by atoms with van der Waals surface area (Å²) in [5.74, 6) is 0.284. The summed E-state index contributed by atoms with van der Waals surface area (Å²) in [5, 5.41) is 3.05. The Morgan fingerprint density at radius 3 is 2.56 bits per heavy atom. The van der Waals surface area contributed by atoms with E-state index in [1.54, 1.807) is 6.20 Å². The number of amides is 1. The van der Waals surface area contributed by atoms with E-state index in [0.29, 0.717) is 6.42 Å². The van der Waals surface area contributed by atoms with Gasteiger partial charge in [-0.05, 0) is 17.2 Å². The number of hydrogen-bond acceptors (Lipinski definition) is 2. The van der Waals surface area contributed by atoms with Crippen molar-refractivity contribution in [3.05, 3.63) is 66.0 Å². The first kappa shape index (κ1) is 11.0. The molecule has 0 aliphatic carbocycles. The molecule has 1 aromatic heterocycles. The summed E-state index contributed by atoms with van der Waals surface area (Å²) >= 11 is 0. The summed E-state index contributed by atoms with van der Waals surface area (Å²) in [7, 11) is 0. The smallest absolute Gasteiger partial charge is 0.221 e. The standard InChI is InChI=1S/C15H14N2O/c18-14-9-13(12-7-4-8-16-10-12)15(17-14)11-5-2-1-3-6-11/h1-8,10,13,15H,9H2,(H,17,18). The van der Waals surface area contributed by atoms with Gasteiger partial charge in [0.1, 0.15) is 0 Å². The SMILES string of the molecule is O=C1CC(c2cccnc2)C(c2ccccc2)N1. The number of carbonyl (C=O) groups excluding carboxylic acids is 1. The molecule has 1 saturated heterocycles. The fraction of sp³-hybridized carbons (Fsp3) is 0.200. The molecule has 0 radical (unpaired) electrons. The van der Waals surface area contributed by atoms with E-state index in [4.69, 9.17) is 0 Å². The number of nitrogens with one attached hydrogen (secondary N) is 1. The van der Waals surface area contributed by atoms with Gasteiger partial charge in [0, 0.05) is 24.7 Å². The lowest BCUT2D eigenvalue weighted by molar-refractivity contribution is -0.119. The third-order valence-corrected chi connectivity index (χ3v) is 3.40. The van der Waals surface area contributed by atoms with Gasteiger partial charge in [-0.2, -0.15) is 0 Å². The Morgan fingerprint density at radius 1 is 1.06 bits per heavy atom. The van der Waals surface area contributed by atoms with Crippen molar-refractivity contribution in [1.29, 1.82) is 0 Å². The van der Waals surface area contributed by atoms with Gasteiger partial charge < -0.3 is 5.32 Å². The maximum Gasteiger partial charge on any atom is 0.221 e. The molecule has 2 heterocycles. The molecule has 1 amide bonds. The van der Waals surface area contributed by atoms with Crippen molar-refractivity contribution < 1.29 is 4.79 Å². The van der Waals surface area contributed by atoms with Gasteiger partial charge in [0.25, 0.3) is 0 Å². The van der Waals surface area contributed by atoms with Crippen LogP contribution in [0.1, 0.15) is 29.5 Å². The predicted molar refractivity (Wildman–Crippen MR) is 68.9 cm³/mol. The number of benzene rings is 1. The van der Waals surface area contributed by atoms with E-state index >= 15 is 0 Å². The van der Waals surface area contributed by atoms with Gasteiger partial charge in [0.2, 0.25) is 5.91 Å². The van der Waals surface area contributed by atoms with E-state index < -0.39 is 0 Å². The van der Waals surface area contributed by atoms with Crippen molar-refractivity contribution >= 4 is 5.91 Å². The highest BCUT2D eigenvalue weighted by atomic mass is 16.2. The average Bonchev–Trinajstić information content (AvgIpc) is 2.83. The van der Waals surface area contributed by atoms with Crippen LogP contribution in [0.15, 0.2) is 54.9 Å². The summed E-state index contributed by atoms with van der Waals surface area (Å²) in [5.41, 5.74) is 2.27. The van der Waals surface area contributed by atoms with E-state index in [0.717, 1.165) is 11.1 Å². The molecule has 2 unspecified atom stereocenters. The summed E-state index contributed by atoms with van der Waals surface area (Å²) in [6.07, 6.45) is 4.14. The third kappa shape index (κ3) is 1.99. The molecule has 1 aliphatic rings. The summed E-state index contributed by atoms with van der Waals surface area (Å²) in [6.45, 7) is 0. The Bertz CT molecular complexity index is 489. The highest BCUT2D eigenvalue weighted by molar-refractivity contribution is 5.80. The number of pyridine rings is 1. The van der Waals surface area contributed by atoms with Gasteiger partial charge in [0.15, 0.2) is 0 Å². The number of hydrogen-bond donors (Lipinski definition) is 1. The lowest BCUT2D eigenvalue weighted by Crippen LogP contribution is -2.20. The molecule has 18 heavy (non-hydrogen) atoms. The van der Waals surface area contributed by atoms with E-state index in [9.17, 15) is 4.79 Å². The second-order valence-electron chi connectivity index (χ2n) is 4.55. The largest absolute Gasteiger partial charge is 0.349 e. The number of aromatic nitrogens is 1. The number of rotatable bonds is 2. The molecule has 1 N–H and O–H groups in total. The normalized spacial score (nSPS) is 22.8. The lowest BCUT2D eigenvalue weighted by Gasteiger charge is -2.19. The van der Waals surface area contributed by atoms with Gasteiger partial charge in [0.05, 0.1) is 6.04 Å². The molecule has 0 spiro atoms. The molecule has 3 rings (SSSR count). The Labute approximate surface area is 106 Å². The van der Waals surface area contributed by atoms with Crippen LogP contribution in [0, 0.1) is 0 Å². The van der Waals surface area contributed by atoms with Gasteiger partial charge in [-0.15, -0.1) is 0 Å². The minimum absolute atomic E-state index is 0.0582. The third-order valence-electron chi connectivity index (χ3n) is 3.40. The Morgan fingerprint density at radius 2 is 1.83 bits per heavy atom. The van der Waals surface area contributed by atoms with Crippen molar-refractivity contribution in [3.63, 3.8) is 0 Å². The van der Waals surface area contributed by atoms with Crippen LogP contribution in [-0.2, 0) is 4.79 Å². The summed E-state index contributed by atoms with van der Waals surface area (Å²) in [6, 6.07) is 14.1. The molecule has 3 heteroatoms. The van der Waals surface area contributed by atoms with E-state index in [1.807, 2.05) is 36.5 Å². The van der Waals surface area contributed by atoms with Gasteiger partial charge in [-0.1, -0.05) is 36.4 Å². The molecule has 90 valence electrons. The maximum atomic E-state index is 11.7. The molecule has 0 saturated carbocycles. The zero-order valence-corrected chi connectivity index (χ0v) is 9.91. The minimum atomic E-state index is 0.0582. The number of carbonyl (C=O) groups is 1. The monoisotopic (exact) mass is 238 g/mol. The first-order valence-electron chi connectivity index (χ1n) is 6.09.